The first-order valence-corrected chi connectivity index (χ1v) is 7.83. The molecule has 0 aliphatic carbocycles. The Kier molecular flexibility index (Phi) is 8.58. The Hall–Kier alpha value is -2.16. The molecule has 22 heavy (non-hydrogen) atoms. The van der Waals surface area contributed by atoms with Crippen molar-refractivity contribution in [1.82, 2.24) is 5.32 Å². The van der Waals surface area contributed by atoms with Crippen LogP contribution in [0.3, 0.4) is 0 Å². The van der Waals surface area contributed by atoms with Gasteiger partial charge in [-0.15, -0.1) is 0 Å². The van der Waals surface area contributed by atoms with E-state index in [1.807, 2.05) is 30.3 Å². The minimum Gasteiger partial charge on any atom is -0.352 e. The lowest BCUT2D eigenvalue weighted by atomic mass is 10.1. The average Bonchev–Trinajstić information content (AvgIpc) is 2.56. The second-order valence-corrected chi connectivity index (χ2v) is 5.29. The number of unbranched alkanes of at least 4 members (excludes halogenated alkanes) is 4. The standard InChI is InChI=1S/C19H25NO2/c1-3-18(21)14-10-5-4-6-11-15-20-19(22)16(2)17-12-8-7-9-13-17/h3,7-9,12-13H,1-2,4-6,10-11,14-15H2,(H,20,22). The second kappa shape index (κ2) is 10.6. The van der Waals surface area contributed by atoms with Crippen molar-refractivity contribution in [3.05, 3.63) is 55.1 Å². The first kappa shape index (κ1) is 17.9. The Morgan fingerprint density at radius 3 is 2.32 bits per heavy atom. The van der Waals surface area contributed by atoms with Gasteiger partial charge in [-0.05, 0) is 24.5 Å². The number of benzene rings is 1. The van der Waals surface area contributed by atoms with E-state index in [2.05, 4.69) is 18.5 Å². The van der Waals surface area contributed by atoms with E-state index in [1.165, 1.54) is 6.08 Å². The van der Waals surface area contributed by atoms with E-state index in [0.29, 0.717) is 18.5 Å². The Morgan fingerprint density at radius 1 is 1.00 bits per heavy atom. The molecular formula is C19H25NO2. The molecule has 3 heteroatoms. The van der Waals surface area contributed by atoms with Crippen LogP contribution in [-0.4, -0.2) is 18.2 Å². The number of carbonyl (C=O) groups excluding carboxylic acids is 2. The van der Waals surface area contributed by atoms with Gasteiger partial charge in [0, 0.05) is 18.5 Å². The maximum absolute atomic E-state index is 11.9. The molecule has 0 aliphatic heterocycles. The number of nitrogens with one attached hydrogen (secondary N) is 1. The summed E-state index contributed by atoms with van der Waals surface area (Å²) in [6.45, 7) is 7.96. The van der Waals surface area contributed by atoms with Crippen molar-refractivity contribution in [3.63, 3.8) is 0 Å². The van der Waals surface area contributed by atoms with Gasteiger partial charge in [-0.2, -0.15) is 0 Å². The first-order valence-electron chi connectivity index (χ1n) is 7.83. The summed E-state index contributed by atoms with van der Waals surface area (Å²) >= 11 is 0. The number of hydrogen-bond donors (Lipinski definition) is 1. The second-order valence-electron chi connectivity index (χ2n) is 5.29. The zero-order chi connectivity index (χ0) is 16.2. The zero-order valence-corrected chi connectivity index (χ0v) is 13.1. The fourth-order valence-corrected chi connectivity index (χ4v) is 2.14. The van der Waals surface area contributed by atoms with E-state index >= 15 is 0 Å². The highest BCUT2D eigenvalue weighted by Gasteiger charge is 2.07. The van der Waals surface area contributed by atoms with Crippen LogP contribution in [0.15, 0.2) is 49.6 Å². The van der Waals surface area contributed by atoms with Crippen molar-refractivity contribution < 1.29 is 9.59 Å². The quantitative estimate of drug-likeness (QED) is 0.497. The molecule has 0 saturated heterocycles. The van der Waals surface area contributed by atoms with Gasteiger partial charge >= 0.3 is 0 Å². The van der Waals surface area contributed by atoms with Crippen molar-refractivity contribution in [1.29, 1.82) is 0 Å². The third-order valence-electron chi connectivity index (χ3n) is 3.51. The molecular weight excluding hydrogens is 274 g/mol. The van der Waals surface area contributed by atoms with Gasteiger partial charge < -0.3 is 5.32 Å². The number of rotatable bonds is 11. The van der Waals surface area contributed by atoms with Gasteiger partial charge in [0.2, 0.25) is 0 Å². The monoisotopic (exact) mass is 299 g/mol. The van der Waals surface area contributed by atoms with Crippen molar-refractivity contribution in [3.8, 4) is 0 Å². The van der Waals surface area contributed by atoms with Crippen LogP contribution in [0.1, 0.15) is 44.1 Å². The molecule has 0 aliphatic rings. The smallest absolute Gasteiger partial charge is 0.251 e. The lowest BCUT2D eigenvalue weighted by molar-refractivity contribution is -0.116. The predicted molar refractivity (Wildman–Crippen MR) is 91.4 cm³/mol. The van der Waals surface area contributed by atoms with Crippen LogP contribution in [0.5, 0.6) is 0 Å². The van der Waals surface area contributed by atoms with Crippen LogP contribution in [-0.2, 0) is 9.59 Å². The van der Waals surface area contributed by atoms with Crippen LogP contribution >= 0.6 is 0 Å². The van der Waals surface area contributed by atoms with E-state index in [4.69, 9.17) is 0 Å². The fraction of sp³-hybridized carbons (Fsp3) is 0.368. The van der Waals surface area contributed by atoms with Crippen LogP contribution in [0, 0.1) is 0 Å². The molecule has 0 heterocycles. The summed E-state index contributed by atoms with van der Waals surface area (Å²) in [4.78, 5) is 23.0. The molecule has 1 aromatic carbocycles. The molecule has 0 aromatic heterocycles. The van der Waals surface area contributed by atoms with E-state index in [9.17, 15) is 9.59 Å². The molecule has 1 N–H and O–H groups in total. The molecule has 0 unspecified atom stereocenters. The highest BCUT2D eigenvalue weighted by Crippen LogP contribution is 2.11. The van der Waals surface area contributed by atoms with Gasteiger partial charge in [0.25, 0.3) is 5.91 Å². The van der Waals surface area contributed by atoms with Gasteiger partial charge in [0.15, 0.2) is 5.78 Å². The fourth-order valence-electron chi connectivity index (χ4n) is 2.14. The van der Waals surface area contributed by atoms with Crippen molar-refractivity contribution in [2.45, 2.75) is 38.5 Å². The van der Waals surface area contributed by atoms with E-state index in [-0.39, 0.29) is 11.7 Å². The summed E-state index contributed by atoms with van der Waals surface area (Å²) in [5.74, 6) is 0.00877. The number of ketones is 1. The van der Waals surface area contributed by atoms with Crippen molar-refractivity contribution >= 4 is 17.3 Å². The first-order chi connectivity index (χ1) is 10.6. The lowest BCUT2D eigenvalue weighted by Crippen LogP contribution is -2.25. The van der Waals surface area contributed by atoms with Gasteiger partial charge in [-0.25, -0.2) is 0 Å². The highest BCUT2D eigenvalue weighted by atomic mass is 16.1. The normalized spacial score (nSPS) is 10.0. The van der Waals surface area contributed by atoms with Crippen LogP contribution in [0.2, 0.25) is 0 Å². The van der Waals surface area contributed by atoms with Gasteiger partial charge in [0.05, 0.1) is 0 Å². The Bertz CT molecular complexity index is 505. The summed E-state index contributed by atoms with van der Waals surface area (Å²) in [7, 11) is 0. The predicted octanol–water partition coefficient (Wildman–Crippen LogP) is 3.91. The van der Waals surface area contributed by atoms with Gasteiger partial charge in [-0.1, -0.05) is 62.8 Å². The topological polar surface area (TPSA) is 46.2 Å². The number of carbonyl (C=O) groups is 2. The summed E-state index contributed by atoms with van der Waals surface area (Å²) in [5.41, 5.74) is 1.36. The van der Waals surface area contributed by atoms with E-state index < -0.39 is 0 Å². The number of hydrogen-bond acceptors (Lipinski definition) is 2. The third-order valence-corrected chi connectivity index (χ3v) is 3.51. The molecule has 1 amide bonds. The zero-order valence-electron chi connectivity index (χ0n) is 13.1. The lowest BCUT2D eigenvalue weighted by Gasteiger charge is -2.07. The molecule has 1 aromatic rings. The molecule has 0 radical (unpaired) electrons. The summed E-state index contributed by atoms with van der Waals surface area (Å²) in [5, 5.41) is 2.89. The van der Waals surface area contributed by atoms with E-state index in [0.717, 1.165) is 37.7 Å². The summed E-state index contributed by atoms with van der Waals surface area (Å²) in [6, 6.07) is 9.46. The third kappa shape index (κ3) is 7.02. The minimum absolute atomic E-state index is 0.109. The van der Waals surface area contributed by atoms with Crippen molar-refractivity contribution in [2.75, 3.05) is 6.54 Å². The van der Waals surface area contributed by atoms with E-state index in [1.54, 1.807) is 0 Å². The van der Waals surface area contributed by atoms with Crippen LogP contribution in [0.4, 0.5) is 0 Å². The van der Waals surface area contributed by atoms with Crippen molar-refractivity contribution in [2.24, 2.45) is 0 Å². The van der Waals surface area contributed by atoms with Gasteiger partial charge in [-0.3, -0.25) is 9.59 Å². The largest absolute Gasteiger partial charge is 0.352 e. The molecule has 3 nitrogen and oxygen atoms in total. The molecule has 0 bridgehead atoms. The van der Waals surface area contributed by atoms with Crippen LogP contribution < -0.4 is 5.32 Å². The molecule has 0 fully saturated rings. The molecule has 0 atom stereocenters. The highest BCUT2D eigenvalue weighted by molar-refractivity contribution is 6.18. The Balaban J connectivity index is 2.07. The Labute approximate surface area is 133 Å². The Morgan fingerprint density at radius 2 is 1.64 bits per heavy atom. The average molecular weight is 299 g/mol. The van der Waals surface area contributed by atoms with Crippen LogP contribution in [0.25, 0.3) is 5.57 Å². The van der Waals surface area contributed by atoms with Gasteiger partial charge in [0.1, 0.15) is 0 Å². The molecule has 0 spiro atoms. The summed E-state index contributed by atoms with van der Waals surface area (Å²) < 4.78 is 0. The minimum atomic E-state index is -0.109. The number of amides is 1. The summed E-state index contributed by atoms with van der Waals surface area (Å²) in [6.07, 6.45) is 7.03. The molecule has 0 saturated carbocycles. The molecule has 1 rings (SSSR count). The maximum Gasteiger partial charge on any atom is 0.251 e. The maximum atomic E-state index is 11.9. The molecule has 118 valence electrons. The number of allylic oxidation sites excluding steroid dienone is 1. The SMILES string of the molecule is C=CC(=O)CCCCCCCNC(=O)C(=C)c1ccccc1.